The lowest BCUT2D eigenvalue weighted by Gasteiger charge is -2.20. The van der Waals surface area contributed by atoms with Crippen LogP contribution in [-0.4, -0.2) is 5.78 Å². The Hall–Kier alpha value is -1.33. The number of benzene rings is 1. The highest BCUT2D eigenvalue weighted by atomic mass is 35.5. The van der Waals surface area contributed by atoms with Gasteiger partial charge in [0.25, 0.3) is 0 Å². The Kier molecular flexibility index (Phi) is 3.72. The molecule has 3 heteroatoms. The van der Waals surface area contributed by atoms with Gasteiger partial charge in [0.15, 0.2) is 5.78 Å². The second-order valence-electron chi connectivity index (χ2n) is 4.73. The summed E-state index contributed by atoms with van der Waals surface area (Å²) in [5.41, 5.74) is 0.187. The Bertz CT molecular complexity index is 423. The first-order chi connectivity index (χ1) is 7.36. The summed E-state index contributed by atoms with van der Waals surface area (Å²) in [5.74, 6) is -0.783. The maximum Gasteiger partial charge on any atom is 0.159 e. The van der Waals surface area contributed by atoms with E-state index in [1.807, 2.05) is 20.8 Å². The molecule has 1 atom stereocenters. The predicted molar refractivity (Wildman–Crippen MR) is 64.3 cm³/mol. The van der Waals surface area contributed by atoms with Crippen LogP contribution < -0.4 is 0 Å². The van der Waals surface area contributed by atoms with Gasteiger partial charge in [-0.2, -0.15) is 5.26 Å². The molecule has 84 valence electrons. The summed E-state index contributed by atoms with van der Waals surface area (Å²) in [6.07, 6.45) is 0. The van der Waals surface area contributed by atoms with E-state index in [0.717, 1.165) is 0 Å². The summed E-state index contributed by atoms with van der Waals surface area (Å²) in [6, 6.07) is 8.88. The number of rotatable bonds is 2. The van der Waals surface area contributed by atoms with Crippen molar-refractivity contribution in [2.24, 2.45) is 5.41 Å². The normalized spacial score (nSPS) is 12.9. The van der Waals surface area contributed by atoms with E-state index in [9.17, 15) is 4.79 Å². The number of nitrogens with zero attached hydrogens (tertiary/aromatic N) is 1. The van der Waals surface area contributed by atoms with Crippen molar-refractivity contribution >= 4 is 17.4 Å². The number of hydrogen-bond acceptors (Lipinski definition) is 2. The molecule has 1 rings (SSSR count). The van der Waals surface area contributed by atoms with Crippen LogP contribution in [0.1, 0.15) is 32.3 Å². The van der Waals surface area contributed by atoms with E-state index in [2.05, 4.69) is 6.07 Å². The third-order valence-corrected chi connectivity index (χ3v) is 2.59. The van der Waals surface area contributed by atoms with Gasteiger partial charge in [0.1, 0.15) is 5.92 Å². The molecule has 0 aliphatic heterocycles. The number of nitriles is 1. The molecule has 1 aromatic carbocycles. The highest BCUT2D eigenvalue weighted by Gasteiger charge is 2.30. The molecule has 2 nitrogen and oxygen atoms in total. The van der Waals surface area contributed by atoms with E-state index in [1.165, 1.54) is 0 Å². The zero-order valence-electron chi connectivity index (χ0n) is 9.62. The van der Waals surface area contributed by atoms with Gasteiger partial charge in [-0.1, -0.05) is 44.5 Å². The first kappa shape index (κ1) is 12.7. The molecule has 0 aromatic heterocycles. The molecule has 0 heterocycles. The fourth-order valence-corrected chi connectivity index (χ4v) is 1.50. The van der Waals surface area contributed by atoms with E-state index < -0.39 is 11.3 Å². The molecule has 0 fully saturated rings. The van der Waals surface area contributed by atoms with Gasteiger partial charge in [0, 0.05) is 10.4 Å². The third kappa shape index (κ3) is 2.84. The van der Waals surface area contributed by atoms with Gasteiger partial charge in [-0.15, -0.1) is 0 Å². The van der Waals surface area contributed by atoms with Crippen LogP contribution in [0, 0.1) is 16.7 Å². The van der Waals surface area contributed by atoms with Crippen molar-refractivity contribution in [1.29, 1.82) is 5.26 Å². The van der Waals surface area contributed by atoms with Crippen molar-refractivity contribution in [2.45, 2.75) is 26.7 Å². The van der Waals surface area contributed by atoms with Crippen molar-refractivity contribution in [2.75, 3.05) is 0 Å². The molecule has 1 aromatic rings. The first-order valence-electron chi connectivity index (χ1n) is 5.05. The molecule has 0 N–H and O–H groups in total. The van der Waals surface area contributed by atoms with E-state index in [0.29, 0.717) is 10.6 Å². The second-order valence-corrected chi connectivity index (χ2v) is 5.16. The zero-order chi connectivity index (χ0) is 12.3. The molecule has 16 heavy (non-hydrogen) atoms. The zero-order valence-corrected chi connectivity index (χ0v) is 10.4. The maximum atomic E-state index is 12.0. The van der Waals surface area contributed by atoms with Crippen LogP contribution >= 0.6 is 11.6 Å². The molecular formula is C13H14ClNO. The summed E-state index contributed by atoms with van der Waals surface area (Å²) < 4.78 is 0. The summed E-state index contributed by atoms with van der Waals surface area (Å²) in [6.45, 7) is 5.45. The lowest BCUT2D eigenvalue weighted by Crippen LogP contribution is -2.26. The van der Waals surface area contributed by atoms with E-state index >= 15 is 0 Å². The number of carbonyl (C=O) groups excluding carboxylic acids is 1. The fourth-order valence-electron chi connectivity index (χ4n) is 1.37. The topological polar surface area (TPSA) is 40.9 Å². The Morgan fingerprint density at radius 2 is 1.81 bits per heavy atom. The molecule has 0 amide bonds. The molecule has 0 radical (unpaired) electrons. The molecule has 0 aliphatic rings. The van der Waals surface area contributed by atoms with Crippen molar-refractivity contribution < 1.29 is 4.79 Å². The van der Waals surface area contributed by atoms with Gasteiger partial charge in [-0.05, 0) is 17.7 Å². The molecule has 0 aliphatic carbocycles. The Morgan fingerprint density at radius 3 is 2.19 bits per heavy atom. The van der Waals surface area contributed by atoms with E-state index in [4.69, 9.17) is 16.9 Å². The minimum absolute atomic E-state index is 0.0719. The van der Waals surface area contributed by atoms with Crippen molar-refractivity contribution in [3.63, 3.8) is 0 Å². The highest BCUT2D eigenvalue weighted by Crippen LogP contribution is 2.27. The fraction of sp³-hybridized carbons (Fsp3) is 0.385. The monoisotopic (exact) mass is 235 g/mol. The quantitative estimate of drug-likeness (QED) is 0.787. The van der Waals surface area contributed by atoms with Crippen molar-refractivity contribution in [3.05, 3.63) is 34.9 Å². The first-order valence-corrected chi connectivity index (χ1v) is 5.43. The average Bonchev–Trinajstić information content (AvgIpc) is 2.20. The predicted octanol–water partition coefficient (Wildman–Crippen LogP) is 3.56. The minimum Gasteiger partial charge on any atom is -0.297 e. The minimum atomic E-state index is -0.711. The Morgan fingerprint density at radius 1 is 1.31 bits per heavy atom. The third-order valence-electron chi connectivity index (χ3n) is 2.33. The van der Waals surface area contributed by atoms with Gasteiger partial charge < -0.3 is 0 Å². The number of ketones is 1. The van der Waals surface area contributed by atoms with Crippen LogP contribution in [-0.2, 0) is 4.79 Å². The van der Waals surface area contributed by atoms with Crippen molar-refractivity contribution in [1.82, 2.24) is 0 Å². The molecule has 0 saturated carbocycles. The SMILES string of the molecule is CC(C)(C)C(=O)[C@@H](C#N)c1ccc(Cl)cc1. The summed E-state index contributed by atoms with van der Waals surface area (Å²) in [4.78, 5) is 12.0. The summed E-state index contributed by atoms with van der Waals surface area (Å²) in [7, 11) is 0. The maximum absolute atomic E-state index is 12.0. The molecule has 0 saturated heterocycles. The smallest absolute Gasteiger partial charge is 0.159 e. The lowest BCUT2D eigenvalue weighted by molar-refractivity contribution is -0.126. The number of Topliss-reactive ketones (excluding diaryl/α,β-unsaturated/α-hetero) is 1. The van der Waals surface area contributed by atoms with Crippen LogP contribution in [0.15, 0.2) is 24.3 Å². The van der Waals surface area contributed by atoms with Gasteiger partial charge in [0.2, 0.25) is 0 Å². The molecule has 0 unspecified atom stereocenters. The van der Waals surface area contributed by atoms with Gasteiger partial charge >= 0.3 is 0 Å². The Labute approximate surface area is 101 Å². The van der Waals surface area contributed by atoms with Crippen LogP contribution in [0.25, 0.3) is 0 Å². The van der Waals surface area contributed by atoms with Crippen LogP contribution in [0.5, 0.6) is 0 Å². The summed E-state index contributed by atoms with van der Waals surface area (Å²) >= 11 is 5.76. The standard InChI is InChI=1S/C13H14ClNO/c1-13(2,3)12(16)11(8-15)9-4-6-10(14)7-5-9/h4-7,11H,1-3H3/t11-/m0/s1. The molecule has 0 spiro atoms. The number of carbonyl (C=O) groups is 1. The number of halogens is 1. The number of hydrogen-bond donors (Lipinski definition) is 0. The molecular weight excluding hydrogens is 222 g/mol. The van der Waals surface area contributed by atoms with E-state index in [-0.39, 0.29) is 5.78 Å². The van der Waals surface area contributed by atoms with Gasteiger partial charge in [-0.25, -0.2) is 0 Å². The van der Waals surface area contributed by atoms with Gasteiger partial charge in [-0.3, -0.25) is 4.79 Å². The Balaban J connectivity index is 3.06. The van der Waals surface area contributed by atoms with Crippen LogP contribution in [0.4, 0.5) is 0 Å². The lowest BCUT2D eigenvalue weighted by atomic mass is 9.80. The second kappa shape index (κ2) is 4.67. The largest absolute Gasteiger partial charge is 0.297 e. The van der Waals surface area contributed by atoms with E-state index in [1.54, 1.807) is 24.3 Å². The average molecular weight is 236 g/mol. The molecule has 0 bridgehead atoms. The van der Waals surface area contributed by atoms with Gasteiger partial charge in [0.05, 0.1) is 6.07 Å². The summed E-state index contributed by atoms with van der Waals surface area (Å²) in [5, 5.41) is 9.68. The van der Waals surface area contributed by atoms with Crippen LogP contribution in [0.3, 0.4) is 0 Å². The highest BCUT2D eigenvalue weighted by molar-refractivity contribution is 6.30. The van der Waals surface area contributed by atoms with Crippen LogP contribution in [0.2, 0.25) is 5.02 Å². The van der Waals surface area contributed by atoms with Crippen molar-refractivity contribution in [3.8, 4) is 6.07 Å².